The van der Waals surface area contributed by atoms with Crippen molar-refractivity contribution in [3.8, 4) is 5.75 Å². The molecule has 0 spiro atoms. The maximum atomic E-state index is 12.5. The Bertz CT molecular complexity index is 436. The molecule has 1 aromatic heterocycles. The third-order valence-corrected chi connectivity index (χ3v) is 4.12. The first kappa shape index (κ1) is 16.4. The molecule has 0 amide bonds. The Morgan fingerprint density at radius 3 is 2.32 bits per heavy atom. The standard InChI is InChI=1S/C11H19N2O4PS/c1-9(2)15-18(14,17-19-11(3,4)5)16-10-6-12-8-13-7-10/h6-9H,1-5H3. The fraction of sp³-hybridized carbons (Fsp3) is 0.636. The minimum absolute atomic E-state index is 0.230. The lowest BCUT2D eigenvalue weighted by Gasteiger charge is -2.23. The normalized spacial score (nSPS) is 15.3. The molecule has 0 aliphatic heterocycles. The molecule has 0 saturated carbocycles. The number of rotatable bonds is 6. The van der Waals surface area contributed by atoms with Crippen LogP contribution in [0.5, 0.6) is 5.75 Å². The Balaban J connectivity index is 2.78. The van der Waals surface area contributed by atoms with E-state index in [0.29, 0.717) is 0 Å². The summed E-state index contributed by atoms with van der Waals surface area (Å²) in [5, 5.41) is 0. The van der Waals surface area contributed by atoms with Crippen molar-refractivity contribution in [3.05, 3.63) is 18.7 Å². The highest BCUT2D eigenvalue weighted by atomic mass is 32.2. The Kier molecular flexibility index (Phi) is 5.80. The summed E-state index contributed by atoms with van der Waals surface area (Å²) in [6.07, 6.45) is 3.85. The zero-order valence-electron chi connectivity index (χ0n) is 11.7. The highest BCUT2D eigenvalue weighted by molar-refractivity contribution is 7.99. The molecular formula is C11H19N2O4PS. The molecule has 8 heteroatoms. The maximum Gasteiger partial charge on any atom is 0.541 e. The van der Waals surface area contributed by atoms with Crippen molar-refractivity contribution in [2.45, 2.75) is 45.5 Å². The van der Waals surface area contributed by atoms with E-state index in [9.17, 15) is 4.57 Å². The first-order chi connectivity index (χ1) is 8.70. The van der Waals surface area contributed by atoms with Crippen LogP contribution in [0.4, 0.5) is 0 Å². The zero-order valence-corrected chi connectivity index (χ0v) is 13.4. The van der Waals surface area contributed by atoms with E-state index in [1.807, 2.05) is 20.8 Å². The van der Waals surface area contributed by atoms with Gasteiger partial charge in [-0.2, -0.15) is 0 Å². The van der Waals surface area contributed by atoms with Crippen molar-refractivity contribution in [1.82, 2.24) is 9.97 Å². The topological polar surface area (TPSA) is 70.5 Å². The fourth-order valence-corrected chi connectivity index (χ4v) is 3.37. The minimum atomic E-state index is -3.71. The zero-order chi connectivity index (χ0) is 14.5. The van der Waals surface area contributed by atoms with E-state index in [0.717, 1.165) is 12.0 Å². The summed E-state index contributed by atoms with van der Waals surface area (Å²) in [7, 11) is -3.71. The van der Waals surface area contributed by atoms with Gasteiger partial charge in [0, 0.05) is 16.8 Å². The lowest BCUT2D eigenvalue weighted by atomic mass is 10.3. The summed E-state index contributed by atoms with van der Waals surface area (Å²) in [6.45, 7) is 9.31. The van der Waals surface area contributed by atoms with Gasteiger partial charge in [0.2, 0.25) is 0 Å². The third-order valence-electron chi connectivity index (χ3n) is 1.47. The number of hydrogen-bond acceptors (Lipinski definition) is 7. The predicted molar refractivity (Wildman–Crippen MR) is 74.9 cm³/mol. The second kappa shape index (κ2) is 6.70. The van der Waals surface area contributed by atoms with E-state index >= 15 is 0 Å². The van der Waals surface area contributed by atoms with Gasteiger partial charge in [0.25, 0.3) is 0 Å². The largest absolute Gasteiger partial charge is 0.541 e. The van der Waals surface area contributed by atoms with E-state index in [1.54, 1.807) is 13.8 Å². The van der Waals surface area contributed by atoms with Gasteiger partial charge in [0.05, 0.1) is 18.5 Å². The fourth-order valence-electron chi connectivity index (χ4n) is 0.932. The highest BCUT2D eigenvalue weighted by Crippen LogP contribution is 2.55. The van der Waals surface area contributed by atoms with E-state index in [4.69, 9.17) is 13.0 Å². The SMILES string of the molecule is CC(C)OP(=O)(OSC(C)(C)C)Oc1cncnc1. The maximum absolute atomic E-state index is 12.5. The third kappa shape index (κ3) is 6.92. The van der Waals surface area contributed by atoms with Crippen molar-refractivity contribution in [2.75, 3.05) is 0 Å². The van der Waals surface area contributed by atoms with Crippen LogP contribution in [0, 0.1) is 0 Å². The second-order valence-corrected chi connectivity index (χ2v) is 8.31. The van der Waals surface area contributed by atoms with Crippen molar-refractivity contribution < 1.29 is 17.6 Å². The molecule has 1 rings (SSSR count). The van der Waals surface area contributed by atoms with Gasteiger partial charge in [-0.25, -0.2) is 18.5 Å². The molecule has 6 nitrogen and oxygen atoms in total. The van der Waals surface area contributed by atoms with Crippen LogP contribution in [0.1, 0.15) is 34.6 Å². The summed E-state index contributed by atoms with van der Waals surface area (Å²) in [6, 6.07) is 0. The lowest BCUT2D eigenvalue weighted by molar-refractivity contribution is 0.172. The molecule has 1 atom stereocenters. The van der Waals surface area contributed by atoms with Crippen molar-refractivity contribution in [1.29, 1.82) is 0 Å². The average Bonchev–Trinajstić information content (AvgIpc) is 2.26. The van der Waals surface area contributed by atoms with E-state index in [2.05, 4.69) is 9.97 Å². The van der Waals surface area contributed by atoms with E-state index in [-0.39, 0.29) is 16.6 Å². The number of phosphoric acid groups is 1. The van der Waals surface area contributed by atoms with Gasteiger partial charge in [-0.05, 0) is 34.6 Å². The van der Waals surface area contributed by atoms with Crippen molar-refractivity contribution in [2.24, 2.45) is 0 Å². The molecule has 1 aromatic rings. The molecule has 0 N–H and O–H groups in total. The second-order valence-electron chi connectivity index (χ2n) is 5.04. The molecule has 0 fully saturated rings. The molecule has 19 heavy (non-hydrogen) atoms. The molecule has 0 aliphatic rings. The first-order valence-corrected chi connectivity index (χ1v) is 8.01. The molecule has 1 heterocycles. The Morgan fingerprint density at radius 1 is 1.26 bits per heavy atom. The van der Waals surface area contributed by atoms with Gasteiger partial charge in [0.1, 0.15) is 6.33 Å². The smallest absolute Gasteiger partial charge is 0.400 e. The quantitative estimate of drug-likeness (QED) is 0.584. The van der Waals surface area contributed by atoms with Crippen LogP contribution in [-0.4, -0.2) is 20.8 Å². The molecule has 0 radical (unpaired) electrons. The highest BCUT2D eigenvalue weighted by Gasteiger charge is 2.33. The predicted octanol–water partition coefficient (Wildman–Crippen LogP) is 3.85. The molecule has 0 bridgehead atoms. The molecule has 0 aromatic carbocycles. The van der Waals surface area contributed by atoms with Crippen molar-refractivity contribution in [3.63, 3.8) is 0 Å². The summed E-state index contributed by atoms with van der Waals surface area (Å²) in [5.74, 6) is 0.237. The van der Waals surface area contributed by atoms with Gasteiger partial charge in [-0.1, -0.05) is 0 Å². The molecular weight excluding hydrogens is 287 g/mol. The van der Waals surface area contributed by atoms with Gasteiger partial charge < -0.3 is 4.52 Å². The van der Waals surface area contributed by atoms with E-state index in [1.165, 1.54) is 18.7 Å². The summed E-state index contributed by atoms with van der Waals surface area (Å²) in [5.41, 5.74) is 0. The van der Waals surface area contributed by atoms with E-state index < -0.39 is 7.82 Å². The number of hydrogen-bond donors (Lipinski definition) is 0. The Hall–Kier alpha value is -0.620. The van der Waals surface area contributed by atoms with Crippen LogP contribution in [0.25, 0.3) is 0 Å². The molecule has 0 saturated heterocycles. The number of aromatic nitrogens is 2. The van der Waals surface area contributed by atoms with Gasteiger partial charge >= 0.3 is 7.82 Å². The Labute approximate surface area is 118 Å². The van der Waals surface area contributed by atoms with Gasteiger partial charge in [0.15, 0.2) is 5.75 Å². The Morgan fingerprint density at radius 2 is 1.84 bits per heavy atom. The summed E-state index contributed by atoms with van der Waals surface area (Å²) >= 11 is 1.05. The van der Waals surface area contributed by atoms with Crippen LogP contribution < -0.4 is 4.52 Å². The number of nitrogens with zero attached hydrogens (tertiary/aromatic N) is 2. The summed E-state index contributed by atoms with van der Waals surface area (Å²) < 4.78 is 28.1. The molecule has 108 valence electrons. The number of phosphoric ester groups is 1. The van der Waals surface area contributed by atoms with Crippen molar-refractivity contribution >= 4 is 19.9 Å². The monoisotopic (exact) mass is 306 g/mol. The summed E-state index contributed by atoms with van der Waals surface area (Å²) in [4.78, 5) is 7.56. The molecule has 0 aliphatic carbocycles. The van der Waals surface area contributed by atoms with Gasteiger partial charge in [-0.3, -0.25) is 4.52 Å². The minimum Gasteiger partial charge on any atom is -0.400 e. The first-order valence-electron chi connectivity index (χ1n) is 5.81. The van der Waals surface area contributed by atoms with Crippen LogP contribution in [0.15, 0.2) is 18.7 Å². The molecule has 1 unspecified atom stereocenters. The van der Waals surface area contributed by atoms with Crippen LogP contribution in [0.2, 0.25) is 0 Å². The van der Waals surface area contributed by atoms with Crippen LogP contribution >= 0.6 is 19.9 Å². The lowest BCUT2D eigenvalue weighted by Crippen LogP contribution is -2.11. The van der Waals surface area contributed by atoms with Crippen LogP contribution in [-0.2, 0) is 13.1 Å². The average molecular weight is 306 g/mol. The van der Waals surface area contributed by atoms with Gasteiger partial charge in [-0.15, -0.1) is 0 Å². The van der Waals surface area contributed by atoms with Crippen LogP contribution in [0.3, 0.4) is 0 Å².